The molecule has 6 heteroatoms. The lowest BCUT2D eigenvalue weighted by atomic mass is 9.83. The van der Waals surface area contributed by atoms with Gasteiger partial charge in [0.05, 0.1) is 19.8 Å². The molecule has 2 aromatic carbocycles. The molecule has 138 valence electrons. The van der Waals surface area contributed by atoms with Crippen molar-refractivity contribution >= 4 is 0 Å². The largest absolute Gasteiger partial charge is 0.323 e. The first-order chi connectivity index (χ1) is 12.5. The summed E-state index contributed by atoms with van der Waals surface area (Å²) in [5.41, 5.74) is 0.464. The maximum absolute atomic E-state index is 14.7. The van der Waals surface area contributed by atoms with E-state index in [-0.39, 0.29) is 16.5 Å². The van der Waals surface area contributed by atoms with Crippen molar-refractivity contribution in [2.24, 2.45) is 5.41 Å². The molecule has 3 fully saturated rings. The highest BCUT2D eigenvalue weighted by Gasteiger charge is 2.53. The minimum Gasteiger partial charge on any atom is -0.323 e. The van der Waals surface area contributed by atoms with Crippen LogP contribution in [0.5, 0.6) is 0 Å². The number of benzene rings is 2. The van der Waals surface area contributed by atoms with Gasteiger partial charge in [-0.05, 0) is 30.2 Å². The van der Waals surface area contributed by atoms with Gasteiger partial charge in [-0.15, -0.1) is 0 Å². The number of hydrogen-bond donors (Lipinski definition) is 0. The smallest absolute Gasteiger partial charge is 0.312 e. The molecule has 0 aromatic heterocycles. The van der Waals surface area contributed by atoms with E-state index in [4.69, 9.17) is 14.2 Å². The molecule has 0 aliphatic carbocycles. The van der Waals surface area contributed by atoms with Gasteiger partial charge in [0, 0.05) is 22.6 Å². The first kappa shape index (κ1) is 17.5. The van der Waals surface area contributed by atoms with Gasteiger partial charge in [-0.2, -0.15) is 0 Å². The Kier molecular flexibility index (Phi) is 4.29. The van der Waals surface area contributed by atoms with E-state index in [2.05, 4.69) is 6.92 Å². The molecule has 3 heterocycles. The second-order valence-corrected chi connectivity index (χ2v) is 7.02. The van der Waals surface area contributed by atoms with Gasteiger partial charge >= 0.3 is 5.97 Å². The summed E-state index contributed by atoms with van der Waals surface area (Å²) in [6.07, 6.45) is 1.93. The first-order valence-corrected chi connectivity index (χ1v) is 8.64. The summed E-state index contributed by atoms with van der Waals surface area (Å²) >= 11 is 0. The maximum Gasteiger partial charge on any atom is 0.312 e. The second kappa shape index (κ2) is 6.37. The number of ether oxygens (including phenoxy) is 3. The summed E-state index contributed by atoms with van der Waals surface area (Å²) in [6.45, 7) is 3.55. The zero-order chi connectivity index (χ0) is 18.4. The molecule has 3 aliphatic heterocycles. The second-order valence-electron chi connectivity index (χ2n) is 7.02. The molecule has 0 atom stereocenters. The van der Waals surface area contributed by atoms with Crippen LogP contribution in [0.4, 0.5) is 13.2 Å². The molecule has 3 nitrogen and oxygen atoms in total. The molecule has 0 spiro atoms. The fourth-order valence-corrected chi connectivity index (χ4v) is 3.64. The van der Waals surface area contributed by atoms with Crippen LogP contribution < -0.4 is 0 Å². The van der Waals surface area contributed by atoms with Crippen LogP contribution in [0.3, 0.4) is 0 Å². The van der Waals surface area contributed by atoms with E-state index in [1.807, 2.05) is 0 Å². The zero-order valence-corrected chi connectivity index (χ0v) is 14.4. The van der Waals surface area contributed by atoms with Gasteiger partial charge in [-0.25, -0.2) is 13.2 Å². The van der Waals surface area contributed by atoms with Crippen molar-refractivity contribution < 1.29 is 27.4 Å². The normalized spacial score (nSPS) is 27.7. The lowest BCUT2D eigenvalue weighted by Gasteiger charge is -2.51. The van der Waals surface area contributed by atoms with Gasteiger partial charge in [0.25, 0.3) is 0 Å². The molecule has 2 bridgehead atoms. The van der Waals surface area contributed by atoms with Crippen LogP contribution in [-0.4, -0.2) is 19.8 Å². The Bertz CT molecular complexity index is 792. The standard InChI is InChI=1S/C20H19F3O3/c1-2-5-19-10-24-20(25-11-19,26-12-19)14-3-4-17(18(23)8-14)13-6-15(21)9-16(22)7-13/h3-4,6-9H,2,5,10-12H2,1H3. The Labute approximate surface area is 149 Å². The van der Waals surface area contributed by atoms with E-state index >= 15 is 0 Å². The molecule has 0 unspecified atom stereocenters. The number of halogens is 3. The summed E-state index contributed by atoms with van der Waals surface area (Å²) in [7, 11) is 0. The van der Waals surface area contributed by atoms with Crippen LogP contribution in [0, 0.1) is 22.9 Å². The van der Waals surface area contributed by atoms with E-state index < -0.39 is 23.4 Å². The third-order valence-corrected chi connectivity index (χ3v) is 4.98. The Morgan fingerprint density at radius 1 is 0.885 bits per heavy atom. The molecule has 3 saturated heterocycles. The monoisotopic (exact) mass is 364 g/mol. The molecule has 0 N–H and O–H groups in total. The Hall–Kier alpha value is -1.89. The minimum absolute atomic E-state index is 0.0931. The minimum atomic E-state index is -1.41. The maximum atomic E-state index is 14.7. The Morgan fingerprint density at radius 3 is 2.04 bits per heavy atom. The SMILES string of the molecule is CCCC12COC(c3ccc(-c4cc(F)cc(F)c4)c(F)c3)(OC1)OC2. The van der Waals surface area contributed by atoms with Crippen molar-refractivity contribution in [3.63, 3.8) is 0 Å². The van der Waals surface area contributed by atoms with E-state index in [9.17, 15) is 13.2 Å². The molecular weight excluding hydrogens is 345 g/mol. The van der Waals surface area contributed by atoms with Crippen molar-refractivity contribution in [1.82, 2.24) is 0 Å². The summed E-state index contributed by atoms with van der Waals surface area (Å²) < 4.78 is 58.9. The van der Waals surface area contributed by atoms with E-state index in [0.717, 1.165) is 31.0 Å². The van der Waals surface area contributed by atoms with Crippen molar-refractivity contribution in [3.05, 3.63) is 59.4 Å². The fraction of sp³-hybridized carbons (Fsp3) is 0.400. The molecule has 0 saturated carbocycles. The van der Waals surface area contributed by atoms with Crippen LogP contribution in [0.2, 0.25) is 0 Å². The average Bonchev–Trinajstić information content (AvgIpc) is 2.62. The topological polar surface area (TPSA) is 27.7 Å². The first-order valence-electron chi connectivity index (χ1n) is 8.64. The zero-order valence-electron chi connectivity index (χ0n) is 14.4. The highest BCUT2D eigenvalue weighted by molar-refractivity contribution is 5.64. The van der Waals surface area contributed by atoms with Crippen molar-refractivity contribution in [2.75, 3.05) is 19.8 Å². The summed E-state index contributed by atoms with van der Waals surface area (Å²) in [5.74, 6) is -3.57. The third-order valence-electron chi connectivity index (χ3n) is 4.98. The van der Waals surface area contributed by atoms with Crippen molar-refractivity contribution in [1.29, 1.82) is 0 Å². The number of rotatable bonds is 4. The van der Waals surface area contributed by atoms with Gasteiger partial charge < -0.3 is 14.2 Å². The van der Waals surface area contributed by atoms with Crippen molar-refractivity contribution in [3.8, 4) is 11.1 Å². The molecule has 0 amide bonds. The van der Waals surface area contributed by atoms with Crippen molar-refractivity contribution in [2.45, 2.75) is 25.7 Å². The van der Waals surface area contributed by atoms with E-state index in [1.54, 1.807) is 6.07 Å². The van der Waals surface area contributed by atoms with Gasteiger partial charge in [-0.1, -0.05) is 25.5 Å². The average molecular weight is 364 g/mol. The summed E-state index contributed by atoms with van der Waals surface area (Å²) in [4.78, 5) is 0. The van der Waals surface area contributed by atoms with Crippen LogP contribution in [0.25, 0.3) is 11.1 Å². The lowest BCUT2D eigenvalue weighted by molar-refractivity contribution is -0.480. The lowest BCUT2D eigenvalue weighted by Crippen LogP contribution is -2.58. The predicted molar refractivity (Wildman–Crippen MR) is 88.6 cm³/mol. The summed E-state index contributed by atoms with van der Waals surface area (Å²) in [6, 6.07) is 7.20. The Balaban J connectivity index is 1.63. The molecule has 5 rings (SSSR count). The highest BCUT2D eigenvalue weighted by atomic mass is 19.1. The highest BCUT2D eigenvalue weighted by Crippen LogP contribution is 2.46. The molecule has 3 aliphatic rings. The van der Waals surface area contributed by atoms with Crippen LogP contribution in [-0.2, 0) is 20.2 Å². The van der Waals surface area contributed by atoms with E-state index in [1.165, 1.54) is 12.1 Å². The predicted octanol–water partition coefficient (Wildman–Crippen LogP) is 4.74. The molecule has 2 aromatic rings. The van der Waals surface area contributed by atoms with Gasteiger partial charge in [0.1, 0.15) is 17.5 Å². The van der Waals surface area contributed by atoms with Crippen LogP contribution in [0.1, 0.15) is 25.3 Å². The van der Waals surface area contributed by atoms with Crippen LogP contribution >= 0.6 is 0 Å². The van der Waals surface area contributed by atoms with Gasteiger partial charge in [-0.3, -0.25) is 0 Å². The van der Waals surface area contributed by atoms with Gasteiger partial charge in [0.15, 0.2) is 0 Å². The molecular formula is C20H19F3O3. The molecule has 0 radical (unpaired) electrons. The molecule has 26 heavy (non-hydrogen) atoms. The third kappa shape index (κ3) is 2.92. The number of fused-ring (bicyclic) bond motifs is 3. The van der Waals surface area contributed by atoms with Crippen LogP contribution in [0.15, 0.2) is 36.4 Å². The van der Waals surface area contributed by atoms with E-state index in [0.29, 0.717) is 25.4 Å². The quantitative estimate of drug-likeness (QED) is 0.784. The fourth-order valence-electron chi connectivity index (χ4n) is 3.64. The Morgan fingerprint density at radius 2 is 1.50 bits per heavy atom. The summed E-state index contributed by atoms with van der Waals surface area (Å²) in [5, 5.41) is 0. The van der Waals surface area contributed by atoms with Gasteiger partial charge in [0.2, 0.25) is 0 Å². The number of hydrogen-bond acceptors (Lipinski definition) is 3.